The van der Waals surface area contributed by atoms with Gasteiger partial charge in [0, 0.05) is 6.07 Å². The Labute approximate surface area is 173 Å². The van der Waals surface area contributed by atoms with Crippen LogP contribution in [0.3, 0.4) is 0 Å². The van der Waals surface area contributed by atoms with E-state index in [0.29, 0.717) is 0 Å². The first-order valence-corrected chi connectivity index (χ1v) is 9.83. The van der Waals surface area contributed by atoms with Crippen LogP contribution in [0.1, 0.15) is 62.3 Å². The third-order valence-electron chi connectivity index (χ3n) is 4.37. The predicted molar refractivity (Wildman–Crippen MR) is 114 cm³/mol. The molecule has 0 fully saturated rings. The summed E-state index contributed by atoms with van der Waals surface area (Å²) in [6.07, 6.45) is 0. The van der Waals surface area contributed by atoms with Crippen LogP contribution in [0.15, 0.2) is 18.2 Å². The topological polar surface area (TPSA) is 124 Å². The number of nitro benzene ring substituents is 1. The van der Waals surface area contributed by atoms with Crippen molar-refractivity contribution in [2.45, 2.75) is 41.5 Å². The molecule has 0 unspecified atom stereocenters. The van der Waals surface area contributed by atoms with Crippen molar-refractivity contribution in [2.24, 2.45) is 0 Å². The molecule has 0 radical (unpaired) electrons. The summed E-state index contributed by atoms with van der Waals surface area (Å²) < 4.78 is 0. The minimum Gasteiger partial charge on any atom is -0.478 e. The van der Waals surface area contributed by atoms with Gasteiger partial charge in [-0.05, 0) is 45.3 Å². The summed E-state index contributed by atoms with van der Waals surface area (Å²) in [5.41, 5.74) is -2.14. The molecule has 0 aliphatic heterocycles. The molecule has 9 nitrogen and oxygen atoms in total. The third kappa shape index (κ3) is 11.2. The van der Waals surface area contributed by atoms with E-state index in [-0.39, 0.29) is 0 Å². The summed E-state index contributed by atoms with van der Waals surface area (Å²) in [6.45, 7) is 20.2. The lowest BCUT2D eigenvalue weighted by Crippen LogP contribution is -2.21. The molecule has 0 heterocycles. The van der Waals surface area contributed by atoms with Crippen LogP contribution in [0.25, 0.3) is 0 Å². The average molecular weight is 414 g/mol. The Balaban J connectivity index is 0. The number of carboxylic acid groups (broad SMARTS) is 2. The van der Waals surface area contributed by atoms with Crippen LogP contribution in [0.2, 0.25) is 0 Å². The lowest BCUT2D eigenvalue weighted by molar-refractivity contribution is -0.385. The molecule has 1 rings (SSSR count). The fourth-order valence-corrected chi connectivity index (χ4v) is 2.44. The van der Waals surface area contributed by atoms with Crippen LogP contribution in [0, 0.1) is 10.1 Å². The monoisotopic (exact) mass is 413 g/mol. The zero-order valence-corrected chi connectivity index (χ0v) is 18.3. The first-order valence-electron chi connectivity index (χ1n) is 9.83. The molecule has 0 saturated heterocycles. The van der Waals surface area contributed by atoms with Crippen molar-refractivity contribution in [1.82, 2.24) is 9.80 Å². The van der Waals surface area contributed by atoms with Crippen molar-refractivity contribution in [3.63, 3.8) is 0 Å². The van der Waals surface area contributed by atoms with Crippen molar-refractivity contribution < 1.29 is 24.7 Å². The Kier molecular flexibility index (Phi) is 16.3. The fourth-order valence-electron chi connectivity index (χ4n) is 2.44. The molecule has 0 saturated carbocycles. The van der Waals surface area contributed by atoms with Crippen LogP contribution in [-0.2, 0) is 0 Å². The second kappa shape index (κ2) is 16.4. The number of hydrogen-bond donors (Lipinski definition) is 2. The number of nitrogens with zero attached hydrogens (tertiary/aromatic N) is 3. The normalized spacial score (nSPS) is 9.93. The van der Waals surface area contributed by atoms with E-state index in [1.807, 2.05) is 0 Å². The van der Waals surface area contributed by atoms with Crippen LogP contribution in [0.4, 0.5) is 5.69 Å². The fraction of sp³-hybridized carbons (Fsp3) is 0.600. The van der Waals surface area contributed by atoms with E-state index >= 15 is 0 Å². The van der Waals surface area contributed by atoms with Gasteiger partial charge in [0.2, 0.25) is 0 Å². The Morgan fingerprint density at radius 3 is 1.41 bits per heavy atom. The van der Waals surface area contributed by atoms with Gasteiger partial charge >= 0.3 is 11.9 Å². The molecule has 0 aliphatic carbocycles. The SMILES string of the molecule is CCN(CC)CC.CCN(CC)CC.O=C(O)c1cccc([N+](=O)[O-])c1C(=O)O. The second-order valence-electron chi connectivity index (χ2n) is 5.81. The lowest BCUT2D eigenvalue weighted by Gasteiger charge is -2.13. The highest BCUT2D eigenvalue weighted by molar-refractivity contribution is 6.04. The maximum atomic E-state index is 10.7. The third-order valence-corrected chi connectivity index (χ3v) is 4.37. The Hall–Kier alpha value is -2.52. The zero-order chi connectivity index (χ0) is 23.0. The molecule has 1 aromatic rings. The first-order chi connectivity index (χ1) is 13.6. The molecule has 0 bridgehead atoms. The molecule has 0 atom stereocenters. The average Bonchev–Trinajstić information content (AvgIpc) is 2.70. The van der Waals surface area contributed by atoms with Gasteiger partial charge in [0.1, 0.15) is 0 Å². The number of hydrogen-bond acceptors (Lipinski definition) is 6. The van der Waals surface area contributed by atoms with Gasteiger partial charge < -0.3 is 20.0 Å². The Morgan fingerprint density at radius 2 is 1.21 bits per heavy atom. The highest BCUT2D eigenvalue weighted by atomic mass is 16.6. The van der Waals surface area contributed by atoms with Crippen LogP contribution >= 0.6 is 0 Å². The largest absolute Gasteiger partial charge is 0.478 e. The van der Waals surface area contributed by atoms with Gasteiger partial charge in [-0.3, -0.25) is 10.1 Å². The van der Waals surface area contributed by atoms with E-state index in [2.05, 4.69) is 51.3 Å². The van der Waals surface area contributed by atoms with Crippen molar-refractivity contribution in [3.05, 3.63) is 39.4 Å². The minimum absolute atomic E-state index is 0.600. The highest BCUT2D eigenvalue weighted by Crippen LogP contribution is 2.22. The van der Waals surface area contributed by atoms with E-state index in [0.717, 1.165) is 18.2 Å². The molecule has 29 heavy (non-hydrogen) atoms. The molecule has 0 aliphatic rings. The number of nitro groups is 1. The molecular formula is C20H35N3O6. The van der Waals surface area contributed by atoms with E-state index in [9.17, 15) is 19.7 Å². The maximum absolute atomic E-state index is 10.7. The molecule has 1 aromatic carbocycles. The summed E-state index contributed by atoms with van der Waals surface area (Å²) in [6, 6.07) is 3.06. The molecular weight excluding hydrogens is 378 g/mol. The van der Waals surface area contributed by atoms with E-state index < -0.39 is 33.7 Å². The quantitative estimate of drug-likeness (QED) is 0.464. The second-order valence-corrected chi connectivity index (χ2v) is 5.81. The van der Waals surface area contributed by atoms with Crippen molar-refractivity contribution in [2.75, 3.05) is 39.3 Å². The van der Waals surface area contributed by atoms with Crippen LogP contribution in [-0.4, -0.2) is 76.1 Å². The smallest absolute Gasteiger partial charge is 0.343 e. The van der Waals surface area contributed by atoms with Crippen LogP contribution < -0.4 is 0 Å². The zero-order valence-electron chi connectivity index (χ0n) is 18.3. The van der Waals surface area contributed by atoms with Gasteiger partial charge in [-0.15, -0.1) is 0 Å². The summed E-state index contributed by atoms with van der Waals surface area (Å²) in [5.74, 6) is -3.16. The Morgan fingerprint density at radius 1 is 0.828 bits per heavy atom. The summed E-state index contributed by atoms with van der Waals surface area (Å²) in [7, 11) is 0. The molecule has 9 heteroatoms. The summed E-state index contributed by atoms with van der Waals surface area (Å²) in [4.78, 5) is 35.6. The van der Waals surface area contributed by atoms with Crippen LogP contribution in [0.5, 0.6) is 0 Å². The molecule has 166 valence electrons. The molecule has 0 amide bonds. The first kappa shape index (κ1) is 28.7. The predicted octanol–water partition coefficient (Wildman–Crippen LogP) is 3.69. The van der Waals surface area contributed by atoms with Crippen molar-refractivity contribution in [1.29, 1.82) is 0 Å². The van der Waals surface area contributed by atoms with E-state index in [4.69, 9.17) is 10.2 Å². The summed E-state index contributed by atoms with van der Waals surface area (Å²) in [5, 5.41) is 27.8. The lowest BCUT2D eigenvalue weighted by atomic mass is 10.1. The van der Waals surface area contributed by atoms with Gasteiger partial charge in [0.05, 0.1) is 10.5 Å². The number of benzene rings is 1. The van der Waals surface area contributed by atoms with Gasteiger partial charge in [0.15, 0.2) is 5.56 Å². The van der Waals surface area contributed by atoms with Gasteiger partial charge in [-0.1, -0.05) is 47.6 Å². The maximum Gasteiger partial charge on any atom is 0.343 e. The van der Waals surface area contributed by atoms with Gasteiger partial charge in [-0.2, -0.15) is 0 Å². The molecule has 0 aromatic heterocycles. The standard InChI is InChI=1S/C8H5NO6.2C6H15N/c10-7(11)4-2-1-3-5(9(14)15)6(4)8(12)13;2*1-4-7(5-2)6-3/h1-3H,(H,10,11)(H,12,13);2*4-6H2,1-3H3. The molecule has 2 N–H and O–H groups in total. The van der Waals surface area contributed by atoms with Crippen molar-refractivity contribution >= 4 is 17.6 Å². The van der Waals surface area contributed by atoms with Crippen molar-refractivity contribution in [3.8, 4) is 0 Å². The Bertz CT molecular complexity index is 573. The number of carbonyl (C=O) groups is 2. The number of rotatable bonds is 9. The van der Waals surface area contributed by atoms with E-state index in [1.165, 1.54) is 39.3 Å². The molecule has 0 spiro atoms. The highest BCUT2D eigenvalue weighted by Gasteiger charge is 2.26. The number of carboxylic acids is 2. The minimum atomic E-state index is -1.64. The van der Waals surface area contributed by atoms with Gasteiger partial charge in [0.25, 0.3) is 5.69 Å². The van der Waals surface area contributed by atoms with E-state index in [1.54, 1.807) is 0 Å². The number of aromatic carboxylic acids is 2. The summed E-state index contributed by atoms with van der Waals surface area (Å²) >= 11 is 0. The van der Waals surface area contributed by atoms with Gasteiger partial charge in [-0.25, -0.2) is 9.59 Å².